The number of ether oxygens (including phenoxy) is 2. The zero-order chi connectivity index (χ0) is 30.6. The number of allylic oxidation sites excluding steroid dienone is 2. The van der Waals surface area contributed by atoms with E-state index in [1.165, 1.54) is 14.0 Å². The van der Waals surface area contributed by atoms with E-state index in [1.54, 1.807) is 0 Å². The van der Waals surface area contributed by atoms with E-state index in [9.17, 15) is 14.4 Å². The molecule has 2 aromatic heterocycles. The monoisotopic (exact) mass is 566 g/mol. The molecular formula is C35H38N2O5. The highest BCUT2D eigenvalue weighted by molar-refractivity contribution is 6.48. The topological polar surface area (TPSA) is 79.5 Å². The first-order chi connectivity index (χ1) is 19.9. The Morgan fingerprint density at radius 1 is 0.714 bits per heavy atom. The molecule has 0 N–H and O–H groups in total. The number of methoxy groups -OCH3 is 1. The van der Waals surface area contributed by atoms with Gasteiger partial charge in [-0.2, -0.15) is 0 Å². The zero-order valence-corrected chi connectivity index (χ0v) is 25.6. The van der Waals surface area contributed by atoms with Crippen LogP contribution in [0.5, 0.6) is 0 Å². The Hall–Kier alpha value is -4.39. The second-order valence-corrected chi connectivity index (χ2v) is 12.1. The van der Waals surface area contributed by atoms with Crippen molar-refractivity contribution in [3.8, 4) is 0 Å². The highest BCUT2D eigenvalue weighted by Gasteiger charge is 2.42. The van der Waals surface area contributed by atoms with Crippen molar-refractivity contribution in [2.75, 3.05) is 7.11 Å². The average molecular weight is 567 g/mol. The standard InChI is InChI=1S/C35H38N2O5/c1-9-34(4,5)36-19-24(22-15-11-13-17-26(22)36)28-31(40)33(42-21(3)38)29(30(39)32(28)41-8)25-20-37(35(6,7)10-2)27-18-14-12-16-23(25)27/h11-20H,9-10H2,1-8H3. The smallest absolute Gasteiger partial charge is 0.308 e. The molecule has 0 atom stereocenters. The second kappa shape index (κ2) is 10.5. The first-order valence-corrected chi connectivity index (χ1v) is 14.4. The van der Waals surface area contributed by atoms with Gasteiger partial charge in [-0.15, -0.1) is 0 Å². The van der Waals surface area contributed by atoms with E-state index in [2.05, 4.69) is 50.7 Å². The lowest BCUT2D eigenvalue weighted by molar-refractivity contribution is -0.139. The van der Waals surface area contributed by atoms with Crippen LogP contribution >= 0.6 is 0 Å². The molecule has 0 saturated heterocycles. The number of aromatic nitrogens is 2. The number of benzene rings is 2. The lowest BCUT2D eigenvalue weighted by Gasteiger charge is -2.27. The van der Waals surface area contributed by atoms with Crippen LogP contribution in [-0.2, 0) is 34.9 Å². The minimum absolute atomic E-state index is 0.0234. The molecule has 0 unspecified atom stereocenters. The SMILES string of the molecule is CCC(C)(C)n1cc(C2=C(OC)C(=O)C(c3cn(C(C)(C)CC)c4ccccc34)=C(OC(C)=O)C2=O)c2ccccc21. The van der Waals surface area contributed by atoms with Gasteiger partial charge in [0, 0.05) is 63.3 Å². The maximum absolute atomic E-state index is 14.5. The summed E-state index contributed by atoms with van der Waals surface area (Å²) in [5.74, 6) is -2.12. The molecule has 2 aromatic carbocycles. The van der Waals surface area contributed by atoms with Crippen molar-refractivity contribution in [1.82, 2.24) is 9.13 Å². The molecule has 0 radical (unpaired) electrons. The number of nitrogens with zero attached hydrogens (tertiary/aromatic N) is 2. The minimum Gasteiger partial charge on any atom is -0.492 e. The average Bonchev–Trinajstić information content (AvgIpc) is 3.55. The lowest BCUT2D eigenvalue weighted by Crippen LogP contribution is -2.27. The molecule has 0 amide bonds. The van der Waals surface area contributed by atoms with Crippen molar-refractivity contribution >= 4 is 50.5 Å². The Morgan fingerprint density at radius 2 is 1.12 bits per heavy atom. The highest BCUT2D eigenvalue weighted by Crippen LogP contribution is 2.43. The first-order valence-electron chi connectivity index (χ1n) is 14.4. The summed E-state index contributed by atoms with van der Waals surface area (Å²) >= 11 is 0. The van der Waals surface area contributed by atoms with Crippen LogP contribution in [0.4, 0.5) is 0 Å². The van der Waals surface area contributed by atoms with E-state index in [1.807, 2.05) is 60.9 Å². The summed E-state index contributed by atoms with van der Waals surface area (Å²) in [4.78, 5) is 41.4. The molecule has 1 aliphatic carbocycles. The third-order valence-corrected chi connectivity index (χ3v) is 8.77. The molecule has 7 heteroatoms. The number of esters is 1. The van der Waals surface area contributed by atoms with E-state index in [0.717, 1.165) is 34.6 Å². The first kappa shape index (κ1) is 29.1. The Balaban J connectivity index is 1.82. The maximum atomic E-state index is 14.5. The van der Waals surface area contributed by atoms with E-state index in [-0.39, 0.29) is 33.7 Å². The van der Waals surface area contributed by atoms with Gasteiger partial charge in [-0.3, -0.25) is 14.4 Å². The Kier molecular flexibility index (Phi) is 7.25. The molecular weight excluding hydrogens is 528 g/mol. The number of carbonyl (C=O) groups excluding carboxylic acids is 3. The normalized spacial score (nSPS) is 14.9. The van der Waals surface area contributed by atoms with E-state index >= 15 is 0 Å². The molecule has 4 aromatic rings. The Morgan fingerprint density at radius 3 is 1.52 bits per heavy atom. The van der Waals surface area contributed by atoms with E-state index in [4.69, 9.17) is 9.47 Å². The number of Topliss-reactive ketones (excluding diaryl/α,β-unsaturated/α-hetero) is 2. The number of ketones is 2. The van der Waals surface area contributed by atoms with Crippen LogP contribution in [-0.4, -0.2) is 33.8 Å². The van der Waals surface area contributed by atoms with Gasteiger partial charge in [0.25, 0.3) is 0 Å². The van der Waals surface area contributed by atoms with Gasteiger partial charge < -0.3 is 18.6 Å². The van der Waals surface area contributed by atoms with E-state index in [0.29, 0.717) is 11.1 Å². The van der Waals surface area contributed by atoms with Gasteiger partial charge in [0.15, 0.2) is 11.5 Å². The van der Waals surface area contributed by atoms with Crippen LogP contribution in [0.15, 0.2) is 72.4 Å². The van der Waals surface area contributed by atoms with Gasteiger partial charge in [0.1, 0.15) is 0 Å². The predicted octanol–water partition coefficient (Wildman–Crippen LogP) is 7.37. The summed E-state index contributed by atoms with van der Waals surface area (Å²) in [6.45, 7) is 13.9. The van der Waals surface area contributed by atoms with Gasteiger partial charge in [-0.1, -0.05) is 50.2 Å². The Labute approximate surface area is 246 Å². The van der Waals surface area contributed by atoms with Crippen molar-refractivity contribution in [3.05, 3.63) is 83.6 Å². The number of fused-ring (bicyclic) bond motifs is 2. The molecule has 1 aliphatic rings. The van der Waals surface area contributed by atoms with Crippen molar-refractivity contribution < 1.29 is 23.9 Å². The fourth-order valence-electron chi connectivity index (χ4n) is 5.69. The van der Waals surface area contributed by atoms with Gasteiger partial charge in [-0.05, 0) is 52.7 Å². The number of hydrogen-bond acceptors (Lipinski definition) is 5. The lowest BCUT2D eigenvalue weighted by atomic mass is 9.85. The number of rotatable bonds is 8. The minimum atomic E-state index is -0.684. The summed E-state index contributed by atoms with van der Waals surface area (Å²) in [5, 5.41) is 1.58. The largest absolute Gasteiger partial charge is 0.492 e. The van der Waals surface area contributed by atoms with Crippen LogP contribution < -0.4 is 0 Å². The van der Waals surface area contributed by atoms with Crippen LogP contribution in [0.2, 0.25) is 0 Å². The Bertz CT molecular complexity index is 1830. The van der Waals surface area contributed by atoms with Crippen molar-refractivity contribution in [1.29, 1.82) is 0 Å². The fraction of sp³-hybridized carbons (Fsp3) is 0.343. The van der Waals surface area contributed by atoms with Crippen LogP contribution in [0.3, 0.4) is 0 Å². The molecule has 0 bridgehead atoms. The van der Waals surface area contributed by atoms with Gasteiger partial charge in [0.2, 0.25) is 11.6 Å². The van der Waals surface area contributed by atoms with E-state index < -0.39 is 17.5 Å². The molecule has 5 rings (SSSR count). The van der Waals surface area contributed by atoms with Crippen molar-refractivity contribution in [2.45, 2.75) is 72.4 Å². The summed E-state index contributed by atoms with van der Waals surface area (Å²) in [7, 11) is 1.40. The van der Waals surface area contributed by atoms with Crippen LogP contribution in [0.25, 0.3) is 33.0 Å². The molecule has 0 saturated carbocycles. The maximum Gasteiger partial charge on any atom is 0.308 e. The molecule has 2 heterocycles. The molecule has 0 fully saturated rings. The van der Waals surface area contributed by atoms with Crippen LogP contribution in [0.1, 0.15) is 72.4 Å². The number of para-hydroxylation sites is 2. The second-order valence-electron chi connectivity index (χ2n) is 12.1. The number of carbonyl (C=O) groups is 3. The molecule has 0 spiro atoms. The highest BCUT2D eigenvalue weighted by atomic mass is 16.5. The molecule has 218 valence electrons. The van der Waals surface area contributed by atoms with Gasteiger partial charge in [-0.25, -0.2) is 0 Å². The third kappa shape index (κ3) is 4.48. The molecule has 7 nitrogen and oxygen atoms in total. The number of hydrogen-bond donors (Lipinski definition) is 0. The molecule has 42 heavy (non-hydrogen) atoms. The summed E-state index contributed by atoms with van der Waals surface area (Å²) < 4.78 is 15.6. The fourth-order valence-corrected chi connectivity index (χ4v) is 5.69. The van der Waals surface area contributed by atoms with Crippen molar-refractivity contribution in [2.24, 2.45) is 0 Å². The van der Waals surface area contributed by atoms with Crippen LogP contribution in [0, 0.1) is 0 Å². The van der Waals surface area contributed by atoms with Gasteiger partial charge >= 0.3 is 5.97 Å². The zero-order valence-electron chi connectivity index (χ0n) is 25.6. The van der Waals surface area contributed by atoms with Gasteiger partial charge in [0.05, 0.1) is 18.3 Å². The predicted molar refractivity (Wildman–Crippen MR) is 166 cm³/mol. The quantitative estimate of drug-likeness (QED) is 0.164. The van der Waals surface area contributed by atoms with Crippen molar-refractivity contribution in [3.63, 3.8) is 0 Å². The molecule has 0 aliphatic heterocycles. The summed E-state index contributed by atoms with van der Waals surface area (Å²) in [6, 6.07) is 15.5. The third-order valence-electron chi connectivity index (χ3n) is 8.77. The summed E-state index contributed by atoms with van der Waals surface area (Å²) in [6.07, 6.45) is 5.46. The summed E-state index contributed by atoms with van der Waals surface area (Å²) in [5.41, 5.74) is 2.48.